The Morgan fingerprint density at radius 2 is 2.16 bits per heavy atom. The molecule has 2 aromatic rings. The predicted octanol–water partition coefficient (Wildman–Crippen LogP) is 0.964. The lowest BCUT2D eigenvalue weighted by molar-refractivity contribution is 0.113. The summed E-state index contributed by atoms with van der Waals surface area (Å²) < 4.78 is 0. The number of benzene rings is 1. The molecule has 19 heavy (non-hydrogen) atoms. The van der Waals surface area contributed by atoms with E-state index in [0.717, 1.165) is 10.9 Å². The maximum Gasteiger partial charge on any atom is 0.123 e. The Morgan fingerprint density at radius 3 is 2.84 bits per heavy atom. The molecule has 0 saturated carbocycles. The Hall–Kier alpha value is -1.63. The normalized spacial score (nSPS) is 12.5. The van der Waals surface area contributed by atoms with Gasteiger partial charge in [-0.1, -0.05) is 18.2 Å². The van der Waals surface area contributed by atoms with E-state index in [1.54, 1.807) is 6.07 Å². The summed E-state index contributed by atoms with van der Waals surface area (Å²) in [5.74, 6) is 0.335. The van der Waals surface area contributed by atoms with Gasteiger partial charge in [0.2, 0.25) is 0 Å². The molecular formula is C13H15N3O2S. The summed E-state index contributed by atoms with van der Waals surface area (Å²) in [7, 11) is 0. The summed E-state index contributed by atoms with van der Waals surface area (Å²) in [6.45, 7) is -0.278. The van der Waals surface area contributed by atoms with Crippen LogP contribution < -0.4 is 5.73 Å². The molecular weight excluding hydrogens is 262 g/mol. The van der Waals surface area contributed by atoms with Gasteiger partial charge in [0.25, 0.3) is 0 Å². The fourth-order valence-corrected chi connectivity index (χ4v) is 2.51. The maximum absolute atomic E-state index is 9.35. The number of hydrogen-bond donors (Lipinski definition) is 4. The van der Waals surface area contributed by atoms with Gasteiger partial charge < -0.3 is 15.9 Å². The van der Waals surface area contributed by atoms with Crippen molar-refractivity contribution >= 4 is 28.5 Å². The number of nitrogens with two attached hydrogens (primary N) is 1. The highest BCUT2D eigenvalue weighted by molar-refractivity contribution is 7.99. The molecule has 100 valence electrons. The molecule has 0 aliphatic heterocycles. The summed E-state index contributed by atoms with van der Waals surface area (Å²) in [4.78, 5) is 4.44. The second kappa shape index (κ2) is 6.01. The quantitative estimate of drug-likeness (QED) is 0.370. The fraction of sp³-hybridized carbons (Fsp3) is 0.231. The Kier molecular flexibility index (Phi) is 4.36. The van der Waals surface area contributed by atoms with Crippen molar-refractivity contribution < 1.29 is 10.2 Å². The molecule has 0 aliphatic rings. The van der Waals surface area contributed by atoms with Gasteiger partial charge in [-0.05, 0) is 12.1 Å². The number of thioether (sulfide) groups is 1. The zero-order valence-corrected chi connectivity index (χ0v) is 11.0. The molecule has 6 heteroatoms. The van der Waals surface area contributed by atoms with Crippen LogP contribution in [0.2, 0.25) is 0 Å². The van der Waals surface area contributed by atoms with Crippen molar-refractivity contribution in [2.45, 2.75) is 11.1 Å². The van der Waals surface area contributed by atoms with E-state index >= 15 is 0 Å². The molecule has 5 nitrogen and oxygen atoms in total. The summed E-state index contributed by atoms with van der Waals surface area (Å²) in [5, 5.41) is 27.3. The third-order valence-electron chi connectivity index (χ3n) is 2.62. The van der Waals surface area contributed by atoms with Gasteiger partial charge in [-0.25, -0.2) is 4.98 Å². The van der Waals surface area contributed by atoms with Crippen LogP contribution in [0, 0.1) is 5.41 Å². The maximum atomic E-state index is 9.35. The van der Waals surface area contributed by atoms with E-state index in [1.165, 1.54) is 11.8 Å². The Morgan fingerprint density at radius 1 is 1.42 bits per heavy atom. The van der Waals surface area contributed by atoms with Crippen molar-refractivity contribution in [2.24, 2.45) is 5.73 Å². The zero-order valence-electron chi connectivity index (χ0n) is 10.2. The van der Waals surface area contributed by atoms with Crippen LogP contribution >= 0.6 is 11.8 Å². The number of aliphatic hydroxyl groups is 2. The van der Waals surface area contributed by atoms with Crippen molar-refractivity contribution in [3.05, 3.63) is 35.9 Å². The van der Waals surface area contributed by atoms with E-state index in [-0.39, 0.29) is 12.4 Å². The molecule has 0 fully saturated rings. The third kappa shape index (κ3) is 3.23. The van der Waals surface area contributed by atoms with Crippen molar-refractivity contribution in [1.29, 1.82) is 5.41 Å². The number of aliphatic hydroxyl groups excluding tert-OH is 2. The van der Waals surface area contributed by atoms with E-state index in [1.807, 2.05) is 24.3 Å². The smallest absolute Gasteiger partial charge is 0.123 e. The minimum atomic E-state index is -0.779. The molecule has 0 saturated heterocycles. The number of aromatic nitrogens is 1. The third-order valence-corrected chi connectivity index (χ3v) is 3.67. The monoisotopic (exact) mass is 277 g/mol. The molecule has 5 N–H and O–H groups in total. The van der Waals surface area contributed by atoms with Gasteiger partial charge in [-0.15, -0.1) is 11.8 Å². The Bertz CT molecular complexity index is 603. The van der Waals surface area contributed by atoms with E-state index in [2.05, 4.69) is 4.98 Å². The van der Waals surface area contributed by atoms with Gasteiger partial charge in [0.1, 0.15) is 5.84 Å². The molecule has 1 atom stereocenters. The summed E-state index contributed by atoms with van der Waals surface area (Å²) in [5.41, 5.74) is 6.98. The van der Waals surface area contributed by atoms with Crippen molar-refractivity contribution in [1.82, 2.24) is 4.98 Å². The topological polar surface area (TPSA) is 103 Å². The number of amidine groups is 1. The van der Waals surface area contributed by atoms with Gasteiger partial charge in [0.05, 0.1) is 23.3 Å². The lowest BCUT2D eigenvalue weighted by Crippen LogP contribution is -2.15. The van der Waals surface area contributed by atoms with Gasteiger partial charge in [-0.2, -0.15) is 0 Å². The molecule has 1 unspecified atom stereocenters. The first-order chi connectivity index (χ1) is 9.11. The molecule has 0 amide bonds. The molecule has 1 aromatic heterocycles. The van der Waals surface area contributed by atoms with E-state index < -0.39 is 6.10 Å². The SMILES string of the molecule is N=C(N)c1cc(SCC(O)CO)nc2ccccc12. The lowest BCUT2D eigenvalue weighted by atomic mass is 10.1. The second-order valence-corrected chi connectivity index (χ2v) is 5.13. The number of pyridine rings is 1. The van der Waals surface area contributed by atoms with Crippen LogP contribution in [-0.2, 0) is 0 Å². The lowest BCUT2D eigenvalue weighted by Gasteiger charge is -2.09. The van der Waals surface area contributed by atoms with Crippen molar-refractivity contribution in [3.8, 4) is 0 Å². The number of nitrogens with one attached hydrogen (secondary N) is 1. The average molecular weight is 277 g/mol. The molecule has 0 bridgehead atoms. The Labute approximate surface area is 115 Å². The number of rotatable bonds is 5. The fourth-order valence-electron chi connectivity index (χ4n) is 1.68. The number of fused-ring (bicyclic) bond motifs is 1. The van der Waals surface area contributed by atoms with Gasteiger partial charge in [0.15, 0.2) is 0 Å². The van der Waals surface area contributed by atoms with Crippen LogP contribution in [0.3, 0.4) is 0 Å². The van der Waals surface area contributed by atoms with Crippen LogP contribution in [0.25, 0.3) is 10.9 Å². The van der Waals surface area contributed by atoms with Crippen LogP contribution in [0.15, 0.2) is 35.4 Å². The molecule has 0 spiro atoms. The minimum Gasteiger partial charge on any atom is -0.394 e. The van der Waals surface area contributed by atoms with E-state index in [4.69, 9.17) is 16.2 Å². The number of nitrogens with zero attached hydrogens (tertiary/aromatic N) is 1. The highest BCUT2D eigenvalue weighted by atomic mass is 32.2. The Balaban J connectivity index is 2.38. The largest absolute Gasteiger partial charge is 0.394 e. The van der Waals surface area contributed by atoms with E-state index in [0.29, 0.717) is 16.3 Å². The first-order valence-corrected chi connectivity index (χ1v) is 6.76. The standard InChI is InChI=1S/C13H15N3O2S/c14-13(15)10-5-12(19-7-8(18)6-17)16-11-4-2-1-3-9(10)11/h1-5,8,17-18H,6-7H2,(H3,14,15). The van der Waals surface area contributed by atoms with Crippen LogP contribution in [0.1, 0.15) is 5.56 Å². The molecule has 1 heterocycles. The number of para-hydroxylation sites is 1. The summed E-state index contributed by atoms with van der Waals surface area (Å²) >= 11 is 1.33. The van der Waals surface area contributed by atoms with Gasteiger partial charge in [-0.3, -0.25) is 5.41 Å². The molecule has 0 radical (unpaired) electrons. The van der Waals surface area contributed by atoms with Crippen molar-refractivity contribution in [2.75, 3.05) is 12.4 Å². The minimum absolute atomic E-state index is 0.0110. The van der Waals surface area contributed by atoms with Crippen molar-refractivity contribution in [3.63, 3.8) is 0 Å². The highest BCUT2D eigenvalue weighted by Crippen LogP contribution is 2.24. The average Bonchev–Trinajstić information content (AvgIpc) is 2.43. The molecule has 2 rings (SSSR count). The summed E-state index contributed by atoms with van der Waals surface area (Å²) in [6, 6.07) is 9.21. The van der Waals surface area contributed by atoms with Gasteiger partial charge >= 0.3 is 0 Å². The van der Waals surface area contributed by atoms with E-state index in [9.17, 15) is 5.11 Å². The highest BCUT2D eigenvalue weighted by Gasteiger charge is 2.10. The number of hydrogen-bond acceptors (Lipinski definition) is 5. The van der Waals surface area contributed by atoms with Crippen LogP contribution in [-0.4, -0.2) is 39.5 Å². The van der Waals surface area contributed by atoms with Crippen LogP contribution in [0.5, 0.6) is 0 Å². The molecule has 1 aromatic carbocycles. The van der Waals surface area contributed by atoms with Gasteiger partial charge in [0, 0.05) is 16.7 Å². The predicted molar refractivity (Wildman–Crippen MR) is 76.6 cm³/mol. The first-order valence-electron chi connectivity index (χ1n) is 5.77. The summed E-state index contributed by atoms with van der Waals surface area (Å²) in [6.07, 6.45) is -0.779. The molecule has 0 aliphatic carbocycles. The van der Waals surface area contributed by atoms with Crippen LogP contribution in [0.4, 0.5) is 0 Å². The second-order valence-electron chi connectivity index (χ2n) is 4.09. The zero-order chi connectivity index (χ0) is 13.8. The first kappa shape index (κ1) is 13.8. The number of nitrogen functional groups attached to an aromatic ring is 1.